The third kappa shape index (κ3) is 3.62. The van der Waals surface area contributed by atoms with Gasteiger partial charge in [-0.3, -0.25) is 9.59 Å². The Balaban J connectivity index is 1.81. The highest BCUT2D eigenvalue weighted by Gasteiger charge is 2.77. The largest absolute Gasteiger partial charge is 0.455 e. The van der Waals surface area contributed by atoms with Gasteiger partial charge in [0.05, 0.1) is 35.7 Å². The van der Waals surface area contributed by atoms with Crippen molar-refractivity contribution in [2.24, 2.45) is 16.7 Å². The molecule has 9 atom stereocenters. The number of carbonyl (C=O) groups is 3. The van der Waals surface area contributed by atoms with Crippen molar-refractivity contribution in [2.45, 2.75) is 89.2 Å². The van der Waals surface area contributed by atoms with Crippen LogP contribution in [-0.2, 0) is 23.8 Å². The number of esters is 2. The first-order chi connectivity index (χ1) is 18.1. The SMILES string of the molecule is CC(=O)O[C@]12CO[C@@H]1C[C@H](O)[C@]1(C)C(=O)[C@H](O)C3=C(C)[C@H](O)C[C@@](O)([C@H](OC(=O)c4ccccc4)[C@@H]21)C3(C)C. The molecule has 1 aliphatic heterocycles. The molecule has 39 heavy (non-hydrogen) atoms. The first kappa shape index (κ1) is 27.9. The Morgan fingerprint density at radius 1 is 1.08 bits per heavy atom. The van der Waals surface area contributed by atoms with Gasteiger partial charge in [-0.15, -0.1) is 0 Å². The average molecular weight is 545 g/mol. The summed E-state index contributed by atoms with van der Waals surface area (Å²) in [5.41, 5.74) is -6.24. The van der Waals surface area contributed by atoms with Crippen LogP contribution in [0.15, 0.2) is 41.5 Å². The molecule has 10 heteroatoms. The van der Waals surface area contributed by atoms with E-state index in [-0.39, 0.29) is 30.6 Å². The van der Waals surface area contributed by atoms with Crippen LogP contribution in [0.4, 0.5) is 0 Å². The molecule has 5 rings (SSSR count). The van der Waals surface area contributed by atoms with Gasteiger partial charge >= 0.3 is 11.9 Å². The zero-order chi connectivity index (χ0) is 28.7. The molecule has 10 nitrogen and oxygen atoms in total. The van der Waals surface area contributed by atoms with Crippen LogP contribution in [0, 0.1) is 16.7 Å². The zero-order valence-electron chi connectivity index (χ0n) is 22.7. The minimum Gasteiger partial charge on any atom is -0.455 e. The number of hydrogen-bond acceptors (Lipinski definition) is 10. The molecule has 1 heterocycles. The van der Waals surface area contributed by atoms with Crippen molar-refractivity contribution in [1.29, 1.82) is 0 Å². The minimum atomic E-state index is -2.07. The third-order valence-corrected chi connectivity index (χ3v) is 9.95. The summed E-state index contributed by atoms with van der Waals surface area (Å²) < 4.78 is 17.7. The van der Waals surface area contributed by atoms with Crippen LogP contribution in [-0.4, -0.2) is 86.5 Å². The molecule has 0 unspecified atom stereocenters. The van der Waals surface area contributed by atoms with Crippen molar-refractivity contribution in [3.05, 3.63) is 47.0 Å². The lowest BCUT2D eigenvalue weighted by Crippen LogP contribution is -2.81. The van der Waals surface area contributed by atoms with E-state index in [1.54, 1.807) is 39.0 Å². The van der Waals surface area contributed by atoms with Gasteiger partial charge in [0.1, 0.15) is 23.9 Å². The molecule has 2 saturated carbocycles. The van der Waals surface area contributed by atoms with Gasteiger partial charge < -0.3 is 34.6 Å². The summed E-state index contributed by atoms with van der Waals surface area (Å²) in [7, 11) is 0. The fourth-order valence-electron chi connectivity index (χ4n) is 7.66. The summed E-state index contributed by atoms with van der Waals surface area (Å²) in [6.45, 7) is 7.29. The van der Waals surface area contributed by atoms with Crippen molar-refractivity contribution in [1.82, 2.24) is 0 Å². The molecule has 2 bridgehead atoms. The van der Waals surface area contributed by atoms with Gasteiger partial charge in [0.15, 0.2) is 11.4 Å². The highest BCUT2D eigenvalue weighted by atomic mass is 16.6. The van der Waals surface area contributed by atoms with E-state index in [4.69, 9.17) is 14.2 Å². The van der Waals surface area contributed by atoms with Gasteiger partial charge in [-0.2, -0.15) is 0 Å². The molecular formula is C29H36O10. The van der Waals surface area contributed by atoms with Crippen molar-refractivity contribution < 1.29 is 49.0 Å². The monoisotopic (exact) mass is 544 g/mol. The average Bonchev–Trinajstić information content (AvgIpc) is 2.87. The van der Waals surface area contributed by atoms with Crippen LogP contribution in [0.2, 0.25) is 0 Å². The maximum Gasteiger partial charge on any atom is 0.338 e. The molecule has 0 aromatic heterocycles. The van der Waals surface area contributed by atoms with Crippen molar-refractivity contribution in [2.75, 3.05) is 6.61 Å². The lowest BCUT2D eigenvalue weighted by molar-refractivity contribution is -0.345. The number of ether oxygens (including phenoxy) is 3. The van der Waals surface area contributed by atoms with E-state index in [1.807, 2.05) is 0 Å². The van der Waals surface area contributed by atoms with E-state index in [0.717, 1.165) is 0 Å². The van der Waals surface area contributed by atoms with Crippen LogP contribution in [0.5, 0.6) is 0 Å². The Labute approximate surface area is 226 Å². The number of carbonyl (C=O) groups excluding carboxylic acids is 3. The number of Topliss-reactive ketones (excluding diaryl/α,β-unsaturated/α-hetero) is 1. The number of ketones is 1. The fraction of sp³-hybridized carbons (Fsp3) is 0.621. The Kier molecular flexibility index (Phi) is 6.40. The van der Waals surface area contributed by atoms with Gasteiger partial charge in [-0.05, 0) is 37.1 Å². The van der Waals surface area contributed by atoms with Gasteiger partial charge in [0, 0.05) is 25.2 Å². The number of hydrogen-bond donors (Lipinski definition) is 4. The summed E-state index contributed by atoms with van der Waals surface area (Å²) in [5, 5.41) is 46.7. The molecule has 4 N–H and O–H groups in total. The maximum atomic E-state index is 14.3. The molecule has 1 aromatic rings. The van der Waals surface area contributed by atoms with E-state index in [2.05, 4.69) is 0 Å². The molecule has 3 fully saturated rings. The Hall–Kier alpha value is -2.63. The highest BCUT2D eigenvalue weighted by molar-refractivity contribution is 5.94. The first-order valence-corrected chi connectivity index (χ1v) is 13.2. The van der Waals surface area contributed by atoms with E-state index in [0.29, 0.717) is 5.57 Å². The number of benzene rings is 1. The van der Waals surface area contributed by atoms with E-state index in [9.17, 15) is 34.8 Å². The summed E-state index contributed by atoms with van der Waals surface area (Å²) in [5.74, 6) is -3.60. The van der Waals surface area contributed by atoms with Gasteiger partial charge in [-0.25, -0.2) is 4.79 Å². The lowest BCUT2D eigenvalue weighted by atomic mass is 9.44. The van der Waals surface area contributed by atoms with E-state index in [1.165, 1.54) is 26.0 Å². The summed E-state index contributed by atoms with van der Waals surface area (Å²) in [6, 6.07) is 8.08. The number of aliphatic hydroxyl groups is 4. The second-order valence-corrected chi connectivity index (χ2v) is 12.2. The fourth-order valence-corrected chi connectivity index (χ4v) is 7.66. The maximum absolute atomic E-state index is 14.3. The van der Waals surface area contributed by atoms with Crippen LogP contribution in [0.3, 0.4) is 0 Å². The summed E-state index contributed by atoms with van der Waals surface area (Å²) >= 11 is 0. The first-order valence-electron chi connectivity index (χ1n) is 13.2. The van der Waals surface area contributed by atoms with E-state index >= 15 is 0 Å². The minimum absolute atomic E-state index is 0.0828. The van der Waals surface area contributed by atoms with Crippen molar-refractivity contribution >= 4 is 17.7 Å². The standard InChI is InChI=1S/C29H36O10/c1-14-17(31)12-29(36)24(38-25(35)16-9-7-6-8-10-16)22-27(5,23(34)21(33)20(14)26(29,3)4)18(32)11-19-28(22,13-37-19)39-15(2)30/h6-10,17-19,21-22,24,31-33,36H,11-13H2,1-5H3/t17-,18+,19-,21-,22-,24-,27+,28-,29-/m1/s1. The molecule has 0 amide bonds. The lowest BCUT2D eigenvalue weighted by Gasteiger charge is -2.67. The molecule has 0 spiro atoms. The van der Waals surface area contributed by atoms with Crippen LogP contribution in [0.25, 0.3) is 0 Å². The highest BCUT2D eigenvalue weighted by Crippen LogP contribution is 2.63. The molecule has 1 aromatic carbocycles. The Morgan fingerprint density at radius 3 is 2.28 bits per heavy atom. The third-order valence-electron chi connectivity index (χ3n) is 9.95. The molecule has 1 saturated heterocycles. The van der Waals surface area contributed by atoms with E-state index < -0.39 is 76.2 Å². The molecule has 0 radical (unpaired) electrons. The molecular weight excluding hydrogens is 508 g/mol. The Morgan fingerprint density at radius 2 is 1.72 bits per heavy atom. The van der Waals surface area contributed by atoms with Gasteiger partial charge in [0.2, 0.25) is 0 Å². The Bertz CT molecular complexity index is 1240. The molecule has 3 aliphatic carbocycles. The van der Waals surface area contributed by atoms with Crippen LogP contribution >= 0.6 is 0 Å². The summed E-state index contributed by atoms with van der Waals surface area (Å²) in [4.78, 5) is 40.3. The van der Waals surface area contributed by atoms with Crippen LogP contribution in [0.1, 0.15) is 57.8 Å². The predicted octanol–water partition coefficient (Wildman–Crippen LogP) is 1.08. The predicted molar refractivity (Wildman–Crippen MR) is 135 cm³/mol. The zero-order valence-corrected chi connectivity index (χ0v) is 22.7. The molecule has 212 valence electrons. The second-order valence-electron chi connectivity index (χ2n) is 12.2. The quantitative estimate of drug-likeness (QED) is 0.320. The second kappa shape index (κ2) is 8.94. The topological polar surface area (TPSA) is 160 Å². The van der Waals surface area contributed by atoms with Gasteiger partial charge in [-0.1, -0.05) is 32.0 Å². The molecule has 4 aliphatic rings. The smallest absolute Gasteiger partial charge is 0.338 e. The number of fused-ring (bicyclic) bond motifs is 5. The number of aliphatic hydroxyl groups excluding tert-OH is 3. The van der Waals surface area contributed by atoms with Gasteiger partial charge in [0.25, 0.3) is 0 Å². The van der Waals surface area contributed by atoms with Crippen LogP contribution < -0.4 is 0 Å². The van der Waals surface area contributed by atoms with Crippen molar-refractivity contribution in [3.8, 4) is 0 Å². The van der Waals surface area contributed by atoms with Crippen molar-refractivity contribution in [3.63, 3.8) is 0 Å². The number of rotatable bonds is 3. The normalized spacial score (nSPS) is 42.7. The summed E-state index contributed by atoms with van der Waals surface area (Å²) in [6.07, 6.45) is -7.26.